The van der Waals surface area contributed by atoms with Crippen LogP contribution in [0.15, 0.2) is 30.5 Å². The Balaban J connectivity index is 1.79. The average Bonchev–Trinajstić information content (AvgIpc) is 3.07. The summed E-state index contributed by atoms with van der Waals surface area (Å²) in [6.07, 6.45) is 6.10. The number of fused-ring (bicyclic) bond motifs is 4. The molecule has 0 spiro atoms. The number of carbonyl (C=O) groups excluding carboxylic acids is 1. The van der Waals surface area contributed by atoms with Crippen LogP contribution >= 0.6 is 0 Å². The number of amides is 1. The Morgan fingerprint density at radius 3 is 2.74 bits per heavy atom. The number of carbonyl (C=O) groups is 1. The van der Waals surface area contributed by atoms with Gasteiger partial charge < -0.3 is 15.1 Å². The van der Waals surface area contributed by atoms with Crippen LogP contribution in [-0.2, 0) is 0 Å². The highest BCUT2D eigenvalue weighted by molar-refractivity contribution is 5.96. The van der Waals surface area contributed by atoms with Crippen LogP contribution in [-0.4, -0.2) is 67.0 Å². The standard InChI is InChI=1S/C20H26N6O/c1-14-10-15-12-16(11-14)19(27)22-6-9-24(2)8-5-21-18-4-7-26-20(25(18)3)17(15)13-23-26/h4,7,10-13,18,21H,5-6,8-9H2,1-3H3,(H,22,27). The molecule has 1 unspecified atom stereocenters. The minimum absolute atomic E-state index is 0.0338. The van der Waals surface area contributed by atoms with Gasteiger partial charge in [0.2, 0.25) is 0 Å². The monoisotopic (exact) mass is 366 g/mol. The van der Waals surface area contributed by atoms with Gasteiger partial charge in [-0.3, -0.25) is 10.1 Å². The van der Waals surface area contributed by atoms with Crippen LogP contribution in [0.1, 0.15) is 15.9 Å². The van der Waals surface area contributed by atoms with Crippen molar-refractivity contribution in [2.45, 2.75) is 13.1 Å². The Morgan fingerprint density at radius 2 is 1.89 bits per heavy atom. The largest absolute Gasteiger partial charge is 0.351 e. The molecule has 1 amide bonds. The van der Waals surface area contributed by atoms with E-state index in [1.165, 1.54) is 0 Å². The van der Waals surface area contributed by atoms with Gasteiger partial charge in [0, 0.05) is 50.6 Å². The molecule has 4 bridgehead atoms. The van der Waals surface area contributed by atoms with E-state index < -0.39 is 0 Å². The first-order chi connectivity index (χ1) is 13.0. The number of nitrogens with one attached hydrogen (secondary N) is 2. The second-order valence-corrected chi connectivity index (χ2v) is 7.32. The first kappa shape index (κ1) is 17.8. The smallest absolute Gasteiger partial charge is 0.251 e. The third kappa shape index (κ3) is 3.48. The van der Waals surface area contributed by atoms with E-state index in [0.717, 1.165) is 42.1 Å². The number of benzene rings is 1. The Bertz CT molecular complexity index is 887. The van der Waals surface area contributed by atoms with Crippen LogP contribution in [0, 0.1) is 6.92 Å². The lowest BCUT2D eigenvalue weighted by Gasteiger charge is -2.32. The molecule has 142 valence electrons. The molecule has 27 heavy (non-hydrogen) atoms. The van der Waals surface area contributed by atoms with E-state index in [1.807, 2.05) is 36.1 Å². The van der Waals surface area contributed by atoms with Crippen LogP contribution in [0.25, 0.3) is 17.3 Å². The van der Waals surface area contributed by atoms with Crippen LogP contribution in [0.2, 0.25) is 0 Å². The van der Waals surface area contributed by atoms with Crippen LogP contribution < -0.4 is 15.5 Å². The van der Waals surface area contributed by atoms with E-state index >= 15 is 0 Å². The molecular weight excluding hydrogens is 340 g/mol. The van der Waals surface area contributed by atoms with Gasteiger partial charge in [0.1, 0.15) is 12.0 Å². The summed E-state index contributed by atoms with van der Waals surface area (Å²) in [5.41, 5.74) is 3.78. The molecule has 7 heteroatoms. The number of hydrogen-bond acceptors (Lipinski definition) is 5. The fraction of sp³-hybridized carbons (Fsp3) is 0.400. The van der Waals surface area contributed by atoms with Crippen LogP contribution in [0.4, 0.5) is 5.82 Å². The predicted molar refractivity (Wildman–Crippen MR) is 108 cm³/mol. The number of anilines is 1. The highest BCUT2D eigenvalue weighted by atomic mass is 16.1. The van der Waals surface area contributed by atoms with Gasteiger partial charge in [-0.25, -0.2) is 4.68 Å². The molecule has 4 rings (SSSR count). The van der Waals surface area contributed by atoms with Crippen molar-refractivity contribution in [2.24, 2.45) is 0 Å². The minimum Gasteiger partial charge on any atom is -0.351 e. The summed E-state index contributed by atoms with van der Waals surface area (Å²) in [4.78, 5) is 17.1. The van der Waals surface area contributed by atoms with E-state index in [0.29, 0.717) is 12.1 Å². The predicted octanol–water partition coefficient (Wildman–Crippen LogP) is 1.37. The normalized spacial score (nSPS) is 20.8. The molecule has 1 aromatic heterocycles. The van der Waals surface area contributed by atoms with Crippen molar-refractivity contribution in [3.05, 3.63) is 41.6 Å². The Kier molecular flexibility index (Phi) is 4.72. The van der Waals surface area contributed by atoms with E-state index in [9.17, 15) is 4.79 Å². The van der Waals surface area contributed by atoms with E-state index in [2.05, 4.69) is 51.8 Å². The van der Waals surface area contributed by atoms with Crippen molar-refractivity contribution in [1.82, 2.24) is 25.3 Å². The molecule has 2 N–H and O–H groups in total. The molecule has 2 aliphatic rings. The van der Waals surface area contributed by atoms with Gasteiger partial charge in [0.25, 0.3) is 5.91 Å². The number of nitrogens with zero attached hydrogens (tertiary/aromatic N) is 4. The molecule has 0 fully saturated rings. The van der Waals surface area contributed by atoms with Gasteiger partial charge in [-0.2, -0.15) is 5.10 Å². The van der Waals surface area contributed by atoms with Crippen molar-refractivity contribution in [3.8, 4) is 11.1 Å². The van der Waals surface area contributed by atoms with Crippen molar-refractivity contribution >= 4 is 17.9 Å². The van der Waals surface area contributed by atoms with E-state index in [1.54, 1.807) is 0 Å². The second-order valence-electron chi connectivity index (χ2n) is 7.32. The SMILES string of the molecule is Cc1cc2cc(c1)-c1cnn3c1N(C)C(C=C3)NCCN(C)CCNC2=O. The van der Waals surface area contributed by atoms with Crippen molar-refractivity contribution in [1.29, 1.82) is 0 Å². The highest BCUT2D eigenvalue weighted by Gasteiger charge is 2.24. The van der Waals surface area contributed by atoms with Gasteiger partial charge >= 0.3 is 0 Å². The lowest BCUT2D eigenvalue weighted by Crippen LogP contribution is -2.47. The first-order valence-electron chi connectivity index (χ1n) is 9.34. The number of aromatic nitrogens is 2. The molecule has 0 saturated carbocycles. The topological polar surface area (TPSA) is 65.4 Å². The molecule has 1 aromatic carbocycles. The fourth-order valence-electron chi connectivity index (χ4n) is 3.70. The van der Waals surface area contributed by atoms with Crippen LogP contribution in [0.3, 0.4) is 0 Å². The molecule has 7 nitrogen and oxygen atoms in total. The van der Waals surface area contributed by atoms with Crippen molar-refractivity contribution < 1.29 is 4.79 Å². The molecule has 2 aliphatic heterocycles. The minimum atomic E-state index is -0.0338. The summed E-state index contributed by atoms with van der Waals surface area (Å²) in [7, 11) is 4.15. The molecular formula is C20H26N6O. The number of hydrogen-bond donors (Lipinski definition) is 2. The van der Waals surface area contributed by atoms with Gasteiger partial charge in [0.15, 0.2) is 0 Å². The van der Waals surface area contributed by atoms with Gasteiger partial charge in [-0.1, -0.05) is 6.07 Å². The molecule has 1 atom stereocenters. The molecule has 0 radical (unpaired) electrons. The van der Waals surface area contributed by atoms with Crippen molar-refractivity contribution in [3.63, 3.8) is 0 Å². The third-order valence-corrected chi connectivity index (χ3v) is 5.21. The maximum absolute atomic E-state index is 12.6. The zero-order valence-electron chi connectivity index (χ0n) is 16.1. The lowest BCUT2D eigenvalue weighted by molar-refractivity contribution is 0.0950. The second kappa shape index (κ2) is 7.17. The molecule has 0 aliphatic carbocycles. The number of rotatable bonds is 0. The Labute approximate surface area is 159 Å². The highest BCUT2D eigenvalue weighted by Crippen LogP contribution is 2.34. The summed E-state index contributed by atoms with van der Waals surface area (Å²) in [6.45, 7) is 5.24. The van der Waals surface area contributed by atoms with Gasteiger partial charge in [0.05, 0.1) is 6.20 Å². The summed E-state index contributed by atoms with van der Waals surface area (Å²) in [6, 6.07) is 6.00. The third-order valence-electron chi connectivity index (χ3n) is 5.21. The zero-order chi connectivity index (χ0) is 19.0. The quantitative estimate of drug-likeness (QED) is 0.737. The zero-order valence-corrected chi connectivity index (χ0v) is 16.1. The summed E-state index contributed by atoms with van der Waals surface area (Å²) in [5, 5.41) is 11.1. The van der Waals surface area contributed by atoms with Gasteiger partial charge in [-0.05, 0) is 43.3 Å². The summed E-state index contributed by atoms with van der Waals surface area (Å²) < 4.78 is 1.89. The molecule has 0 saturated heterocycles. The Hall–Kier alpha value is -2.64. The van der Waals surface area contributed by atoms with Gasteiger partial charge in [-0.15, -0.1) is 0 Å². The first-order valence-corrected chi connectivity index (χ1v) is 9.34. The van der Waals surface area contributed by atoms with Crippen LogP contribution in [0.5, 0.6) is 0 Å². The van der Waals surface area contributed by atoms with E-state index in [4.69, 9.17) is 0 Å². The maximum Gasteiger partial charge on any atom is 0.251 e. The molecule has 2 aromatic rings. The number of likely N-dealkylation sites (N-methyl/N-ethyl adjacent to an activating group) is 2. The number of aryl methyl sites for hydroxylation is 1. The average molecular weight is 366 g/mol. The summed E-state index contributed by atoms with van der Waals surface area (Å²) in [5.74, 6) is 0.990. The summed E-state index contributed by atoms with van der Waals surface area (Å²) >= 11 is 0. The lowest BCUT2D eigenvalue weighted by atomic mass is 10.0. The van der Waals surface area contributed by atoms with Crippen molar-refractivity contribution in [2.75, 3.05) is 45.2 Å². The Morgan fingerprint density at radius 1 is 1.11 bits per heavy atom. The van der Waals surface area contributed by atoms with E-state index in [-0.39, 0.29) is 12.1 Å². The molecule has 3 heterocycles. The fourth-order valence-corrected chi connectivity index (χ4v) is 3.70. The maximum atomic E-state index is 12.6.